The van der Waals surface area contributed by atoms with E-state index >= 15 is 0 Å². The molecule has 1 aromatic carbocycles. The molecule has 0 aliphatic carbocycles. The first-order chi connectivity index (χ1) is 8.00. The molecule has 96 valence electrons. The van der Waals surface area contributed by atoms with E-state index in [1.54, 1.807) is 6.07 Å². The molecule has 0 spiro atoms. The van der Waals surface area contributed by atoms with Crippen molar-refractivity contribution in [3.8, 4) is 0 Å². The van der Waals surface area contributed by atoms with E-state index in [1.807, 2.05) is 26.0 Å². The van der Waals surface area contributed by atoms with Gasteiger partial charge < -0.3 is 10.4 Å². The third-order valence-corrected chi connectivity index (χ3v) is 3.69. The van der Waals surface area contributed by atoms with Crippen LogP contribution < -0.4 is 5.32 Å². The van der Waals surface area contributed by atoms with Crippen LogP contribution in [0.25, 0.3) is 0 Å². The van der Waals surface area contributed by atoms with Crippen molar-refractivity contribution in [2.45, 2.75) is 38.8 Å². The van der Waals surface area contributed by atoms with Crippen LogP contribution >= 0.6 is 23.2 Å². The molecule has 0 bridgehead atoms. The van der Waals surface area contributed by atoms with Gasteiger partial charge in [-0.1, -0.05) is 43.1 Å². The molecule has 0 atom stereocenters. The number of nitrogens with one attached hydrogen (secondary N) is 1. The van der Waals surface area contributed by atoms with E-state index in [4.69, 9.17) is 23.2 Å². The Labute approximate surface area is 113 Å². The molecule has 2 N–H and O–H groups in total. The number of hydrogen-bond donors (Lipinski definition) is 2. The molecule has 0 aromatic heterocycles. The van der Waals surface area contributed by atoms with Crippen molar-refractivity contribution in [3.05, 3.63) is 33.8 Å². The normalized spacial score (nSPS) is 11.8. The molecule has 4 heteroatoms. The lowest BCUT2D eigenvalue weighted by Crippen LogP contribution is -2.39. The summed E-state index contributed by atoms with van der Waals surface area (Å²) in [7, 11) is 0. The number of benzene rings is 1. The molecular weight excluding hydrogens is 257 g/mol. The molecule has 0 radical (unpaired) electrons. The first-order valence-corrected chi connectivity index (χ1v) is 6.63. The Morgan fingerprint density at radius 3 is 2.41 bits per heavy atom. The molecule has 0 saturated carbocycles. The Balaban J connectivity index is 2.51. The van der Waals surface area contributed by atoms with Crippen LogP contribution in [0.1, 0.15) is 32.3 Å². The second kappa shape index (κ2) is 6.60. The highest BCUT2D eigenvalue weighted by Gasteiger charge is 2.21. The highest BCUT2D eigenvalue weighted by molar-refractivity contribution is 6.35. The van der Waals surface area contributed by atoms with Crippen LogP contribution in [-0.2, 0) is 6.54 Å². The first kappa shape index (κ1) is 14.8. The summed E-state index contributed by atoms with van der Waals surface area (Å²) in [6.45, 7) is 5.18. The molecule has 0 unspecified atom stereocenters. The van der Waals surface area contributed by atoms with Gasteiger partial charge in [-0.05, 0) is 30.5 Å². The van der Waals surface area contributed by atoms with E-state index in [2.05, 4.69) is 5.32 Å². The van der Waals surface area contributed by atoms with Gasteiger partial charge in [0.25, 0.3) is 0 Å². The second-order valence-corrected chi connectivity index (χ2v) is 5.11. The van der Waals surface area contributed by atoms with Gasteiger partial charge in [0.05, 0.1) is 5.60 Å². The van der Waals surface area contributed by atoms with E-state index in [-0.39, 0.29) is 0 Å². The van der Waals surface area contributed by atoms with Crippen molar-refractivity contribution in [1.29, 1.82) is 0 Å². The number of aliphatic hydroxyl groups is 1. The summed E-state index contributed by atoms with van der Waals surface area (Å²) < 4.78 is 0. The summed E-state index contributed by atoms with van der Waals surface area (Å²) in [5, 5.41) is 14.6. The average Bonchev–Trinajstić information content (AvgIpc) is 2.32. The van der Waals surface area contributed by atoms with Crippen molar-refractivity contribution >= 4 is 23.2 Å². The fourth-order valence-electron chi connectivity index (χ4n) is 1.59. The van der Waals surface area contributed by atoms with E-state index in [9.17, 15) is 5.11 Å². The maximum atomic E-state index is 10.1. The highest BCUT2D eigenvalue weighted by atomic mass is 35.5. The minimum atomic E-state index is -0.626. The topological polar surface area (TPSA) is 32.3 Å². The number of hydrogen-bond acceptors (Lipinski definition) is 2. The molecule has 0 saturated heterocycles. The van der Waals surface area contributed by atoms with Crippen molar-refractivity contribution in [3.63, 3.8) is 0 Å². The molecule has 0 fully saturated rings. The smallest absolute Gasteiger partial charge is 0.0766 e. The SMILES string of the molecule is CCC(O)(CC)CNCc1ccc(Cl)cc1Cl. The average molecular weight is 276 g/mol. The summed E-state index contributed by atoms with van der Waals surface area (Å²) in [4.78, 5) is 0. The van der Waals surface area contributed by atoms with E-state index in [0.717, 1.165) is 18.4 Å². The van der Waals surface area contributed by atoms with Crippen LogP contribution in [0.2, 0.25) is 10.0 Å². The van der Waals surface area contributed by atoms with Crippen molar-refractivity contribution < 1.29 is 5.11 Å². The van der Waals surface area contributed by atoms with Crippen LogP contribution in [0.3, 0.4) is 0 Å². The minimum absolute atomic E-state index is 0.568. The number of rotatable bonds is 6. The lowest BCUT2D eigenvalue weighted by Gasteiger charge is -2.25. The molecule has 1 rings (SSSR count). The second-order valence-electron chi connectivity index (χ2n) is 4.27. The van der Waals surface area contributed by atoms with Gasteiger partial charge in [-0.25, -0.2) is 0 Å². The van der Waals surface area contributed by atoms with Gasteiger partial charge in [0.15, 0.2) is 0 Å². The first-order valence-electron chi connectivity index (χ1n) is 5.88. The molecule has 0 amide bonds. The quantitative estimate of drug-likeness (QED) is 0.831. The lowest BCUT2D eigenvalue weighted by atomic mass is 9.97. The predicted octanol–water partition coefficient (Wildman–Crippen LogP) is 3.63. The minimum Gasteiger partial charge on any atom is -0.389 e. The largest absolute Gasteiger partial charge is 0.389 e. The zero-order valence-electron chi connectivity index (χ0n) is 10.3. The standard InChI is InChI=1S/C13H19Cl2NO/c1-3-13(17,4-2)9-16-8-10-5-6-11(14)7-12(10)15/h5-7,16-17H,3-4,8-9H2,1-2H3. The van der Waals surface area contributed by atoms with E-state index in [1.165, 1.54) is 0 Å². The molecule has 17 heavy (non-hydrogen) atoms. The van der Waals surface area contributed by atoms with Crippen LogP contribution in [-0.4, -0.2) is 17.3 Å². The Morgan fingerprint density at radius 2 is 1.88 bits per heavy atom. The highest BCUT2D eigenvalue weighted by Crippen LogP contribution is 2.21. The van der Waals surface area contributed by atoms with Gasteiger partial charge in [0, 0.05) is 23.1 Å². The fraction of sp³-hybridized carbons (Fsp3) is 0.538. The fourth-order valence-corrected chi connectivity index (χ4v) is 2.07. The van der Waals surface area contributed by atoms with E-state index < -0.39 is 5.60 Å². The monoisotopic (exact) mass is 275 g/mol. The molecule has 1 aromatic rings. The van der Waals surface area contributed by atoms with Gasteiger partial charge in [0.2, 0.25) is 0 Å². The summed E-state index contributed by atoms with van der Waals surface area (Å²) in [5.74, 6) is 0. The molecular formula is C13H19Cl2NO. The maximum Gasteiger partial charge on any atom is 0.0766 e. The third kappa shape index (κ3) is 4.47. The van der Waals surface area contributed by atoms with Gasteiger partial charge in [-0.2, -0.15) is 0 Å². The zero-order valence-corrected chi connectivity index (χ0v) is 11.8. The summed E-state index contributed by atoms with van der Waals surface area (Å²) in [6, 6.07) is 5.44. The molecule has 2 nitrogen and oxygen atoms in total. The molecule has 0 heterocycles. The Kier molecular flexibility index (Phi) is 5.74. The zero-order chi connectivity index (χ0) is 12.9. The summed E-state index contributed by atoms with van der Waals surface area (Å²) >= 11 is 11.9. The van der Waals surface area contributed by atoms with Crippen molar-refractivity contribution in [2.24, 2.45) is 0 Å². The predicted molar refractivity (Wildman–Crippen MR) is 73.7 cm³/mol. The van der Waals surface area contributed by atoms with Crippen LogP contribution in [0.5, 0.6) is 0 Å². The van der Waals surface area contributed by atoms with Crippen LogP contribution in [0.15, 0.2) is 18.2 Å². The van der Waals surface area contributed by atoms with Gasteiger partial charge in [-0.3, -0.25) is 0 Å². The van der Waals surface area contributed by atoms with Crippen LogP contribution in [0, 0.1) is 0 Å². The third-order valence-electron chi connectivity index (χ3n) is 3.10. The number of halogens is 2. The maximum absolute atomic E-state index is 10.1. The van der Waals surface area contributed by atoms with Gasteiger partial charge in [0.1, 0.15) is 0 Å². The summed E-state index contributed by atoms with van der Waals surface area (Å²) in [6.07, 6.45) is 1.48. The van der Waals surface area contributed by atoms with Gasteiger partial charge >= 0.3 is 0 Å². The molecule has 0 aliphatic rings. The van der Waals surface area contributed by atoms with E-state index in [0.29, 0.717) is 23.1 Å². The Bertz CT molecular complexity index is 364. The van der Waals surface area contributed by atoms with Crippen molar-refractivity contribution in [2.75, 3.05) is 6.54 Å². The van der Waals surface area contributed by atoms with Crippen molar-refractivity contribution in [1.82, 2.24) is 5.32 Å². The Morgan fingerprint density at radius 1 is 1.24 bits per heavy atom. The lowest BCUT2D eigenvalue weighted by molar-refractivity contribution is 0.0323. The van der Waals surface area contributed by atoms with Gasteiger partial charge in [-0.15, -0.1) is 0 Å². The molecule has 0 aliphatic heterocycles. The Hall–Kier alpha value is -0.280. The summed E-state index contributed by atoms with van der Waals surface area (Å²) in [5.41, 5.74) is 0.365. The van der Waals surface area contributed by atoms with Crippen LogP contribution in [0.4, 0.5) is 0 Å².